The van der Waals surface area contributed by atoms with E-state index in [9.17, 15) is 4.79 Å². The highest BCUT2D eigenvalue weighted by Crippen LogP contribution is 2.21. The van der Waals surface area contributed by atoms with Crippen molar-refractivity contribution in [3.8, 4) is 5.75 Å². The van der Waals surface area contributed by atoms with E-state index in [2.05, 4.69) is 44.3 Å². The number of hydrogen-bond acceptors (Lipinski definition) is 2. The first-order valence-electron chi connectivity index (χ1n) is 8.55. The highest BCUT2D eigenvalue weighted by atomic mass is 16.5. The van der Waals surface area contributed by atoms with E-state index in [1.807, 2.05) is 26.0 Å². The lowest BCUT2D eigenvalue weighted by Crippen LogP contribution is -2.28. The lowest BCUT2D eigenvalue weighted by Gasteiger charge is -2.19. The third-order valence-electron chi connectivity index (χ3n) is 4.14. The van der Waals surface area contributed by atoms with E-state index in [4.69, 9.17) is 4.74 Å². The summed E-state index contributed by atoms with van der Waals surface area (Å²) in [6, 6.07) is 13.7. The van der Waals surface area contributed by atoms with Gasteiger partial charge in [-0.05, 0) is 75.1 Å². The molecule has 1 amide bonds. The van der Waals surface area contributed by atoms with Gasteiger partial charge in [0.1, 0.15) is 5.75 Å². The Morgan fingerprint density at radius 3 is 2.25 bits per heavy atom. The molecule has 2 aromatic rings. The van der Waals surface area contributed by atoms with Crippen LogP contribution < -0.4 is 10.1 Å². The summed E-state index contributed by atoms with van der Waals surface area (Å²) in [5.41, 5.74) is 4.30. The van der Waals surface area contributed by atoms with Crippen molar-refractivity contribution >= 4 is 5.91 Å². The van der Waals surface area contributed by atoms with Crippen LogP contribution in [0.5, 0.6) is 5.75 Å². The standard InChI is InChI=1S/C21H27NO2/c1-6-20(18-8-7-15(4)16(5)13-18)22-21(23)17-9-11-19(12-10-17)24-14(2)3/h7-14,20H,6H2,1-5H3,(H,22,23)/t20-/m1/s1. The first-order chi connectivity index (χ1) is 11.4. The minimum atomic E-state index is -0.0591. The average molecular weight is 325 g/mol. The van der Waals surface area contributed by atoms with Crippen molar-refractivity contribution in [3.05, 3.63) is 64.7 Å². The van der Waals surface area contributed by atoms with E-state index < -0.39 is 0 Å². The Kier molecular flexibility index (Phi) is 6.02. The largest absolute Gasteiger partial charge is 0.491 e. The molecule has 3 heteroatoms. The van der Waals surface area contributed by atoms with Gasteiger partial charge in [0.15, 0.2) is 0 Å². The SMILES string of the molecule is CC[C@@H](NC(=O)c1ccc(OC(C)C)cc1)c1ccc(C)c(C)c1. The van der Waals surface area contributed by atoms with E-state index in [0.29, 0.717) is 5.56 Å². The lowest BCUT2D eigenvalue weighted by atomic mass is 9.99. The number of carbonyl (C=O) groups is 1. The molecular formula is C21H27NO2. The summed E-state index contributed by atoms with van der Waals surface area (Å²) in [6.45, 7) is 10.2. The van der Waals surface area contributed by atoms with Gasteiger partial charge in [-0.2, -0.15) is 0 Å². The number of carbonyl (C=O) groups excluding carboxylic acids is 1. The van der Waals surface area contributed by atoms with Crippen molar-refractivity contribution in [2.75, 3.05) is 0 Å². The highest BCUT2D eigenvalue weighted by molar-refractivity contribution is 5.94. The van der Waals surface area contributed by atoms with Gasteiger partial charge < -0.3 is 10.1 Å². The van der Waals surface area contributed by atoms with Crippen LogP contribution in [0.15, 0.2) is 42.5 Å². The molecule has 3 nitrogen and oxygen atoms in total. The molecule has 24 heavy (non-hydrogen) atoms. The third-order valence-corrected chi connectivity index (χ3v) is 4.14. The maximum absolute atomic E-state index is 12.5. The van der Waals surface area contributed by atoms with Crippen molar-refractivity contribution in [2.24, 2.45) is 0 Å². The number of hydrogen-bond donors (Lipinski definition) is 1. The highest BCUT2D eigenvalue weighted by Gasteiger charge is 2.15. The Labute approximate surface area is 145 Å². The summed E-state index contributed by atoms with van der Waals surface area (Å²) in [7, 11) is 0. The third kappa shape index (κ3) is 4.60. The Bertz CT molecular complexity index is 689. The van der Waals surface area contributed by atoms with Crippen molar-refractivity contribution in [3.63, 3.8) is 0 Å². The first kappa shape index (κ1) is 18.1. The summed E-state index contributed by atoms with van der Waals surface area (Å²) < 4.78 is 5.61. The van der Waals surface area contributed by atoms with Gasteiger partial charge in [-0.25, -0.2) is 0 Å². The second-order valence-corrected chi connectivity index (χ2v) is 6.47. The maximum atomic E-state index is 12.5. The van der Waals surface area contributed by atoms with Crippen LogP contribution in [0.4, 0.5) is 0 Å². The minimum absolute atomic E-state index is 0.0170. The van der Waals surface area contributed by atoms with Crippen LogP contribution >= 0.6 is 0 Å². The number of aryl methyl sites for hydroxylation is 2. The maximum Gasteiger partial charge on any atom is 0.251 e. The average Bonchev–Trinajstić information content (AvgIpc) is 2.55. The molecule has 0 fully saturated rings. The Hall–Kier alpha value is -2.29. The van der Waals surface area contributed by atoms with Crippen molar-refractivity contribution < 1.29 is 9.53 Å². The summed E-state index contributed by atoms with van der Waals surface area (Å²) in [6.07, 6.45) is 0.974. The molecule has 2 aromatic carbocycles. The van der Waals surface area contributed by atoms with Gasteiger partial charge in [0.25, 0.3) is 5.91 Å². The molecule has 0 aliphatic carbocycles. The molecule has 128 valence electrons. The van der Waals surface area contributed by atoms with E-state index in [0.717, 1.165) is 17.7 Å². The van der Waals surface area contributed by atoms with Crippen LogP contribution in [0, 0.1) is 13.8 Å². The molecule has 0 saturated heterocycles. The first-order valence-corrected chi connectivity index (χ1v) is 8.55. The number of nitrogens with one attached hydrogen (secondary N) is 1. The van der Waals surface area contributed by atoms with E-state index in [1.54, 1.807) is 12.1 Å². The Morgan fingerprint density at radius 2 is 1.71 bits per heavy atom. The summed E-state index contributed by atoms with van der Waals surface area (Å²) in [4.78, 5) is 12.5. The Balaban J connectivity index is 2.09. The summed E-state index contributed by atoms with van der Waals surface area (Å²) in [5, 5.41) is 3.13. The molecule has 0 heterocycles. The molecule has 1 atom stereocenters. The monoisotopic (exact) mass is 325 g/mol. The molecule has 0 saturated carbocycles. The normalized spacial score (nSPS) is 12.1. The van der Waals surface area contributed by atoms with E-state index in [1.165, 1.54) is 11.1 Å². The number of ether oxygens (including phenoxy) is 1. The zero-order valence-electron chi connectivity index (χ0n) is 15.2. The molecule has 0 radical (unpaired) electrons. The van der Waals surface area contributed by atoms with Gasteiger partial charge in [-0.3, -0.25) is 4.79 Å². The molecular weight excluding hydrogens is 298 g/mol. The van der Waals surface area contributed by atoms with Crippen LogP contribution in [-0.4, -0.2) is 12.0 Å². The van der Waals surface area contributed by atoms with Gasteiger partial charge in [0, 0.05) is 5.56 Å². The fourth-order valence-electron chi connectivity index (χ4n) is 2.60. The molecule has 0 aliphatic heterocycles. The molecule has 0 bridgehead atoms. The predicted molar refractivity (Wildman–Crippen MR) is 98.6 cm³/mol. The van der Waals surface area contributed by atoms with Gasteiger partial charge in [-0.15, -0.1) is 0 Å². The van der Waals surface area contributed by atoms with Crippen molar-refractivity contribution in [2.45, 2.75) is 53.2 Å². The van der Waals surface area contributed by atoms with Gasteiger partial charge in [-0.1, -0.05) is 25.1 Å². The molecule has 1 N–H and O–H groups in total. The fraction of sp³-hybridized carbons (Fsp3) is 0.381. The molecule has 2 rings (SSSR count). The van der Waals surface area contributed by atoms with Gasteiger partial charge in [0.2, 0.25) is 0 Å². The van der Waals surface area contributed by atoms with Crippen LogP contribution in [-0.2, 0) is 0 Å². The van der Waals surface area contributed by atoms with E-state index >= 15 is 0 Å². The summed E-state index contributed by atoms with van der Waals surface area (Å²) >= 11 is 0. The van der Waals surface area contributed by atoms with Gasteiger partial charge in [0.05, 0.1) is 12.1 Å². The van der Waals surface area contributed by atoms with Gasteiger partial charge >= 0.3 is 0 Å². The van der Waals surface area contributed by atoms with E-state index in [-0.39, 0.29) is 18.1 Å². The van der Waals surface area contributed by atoms with Crippen molar-refractivity contribution in [1.82, 2.24) is 5.32 Å². The molecule has 0 aromatic heterocycles. The molecule has 0 spiro atoms. The zero-order valence-corrected chi connectivity index (χ0v) is 15.2. The predicted octanol–water partition coefficient (Wildman–Crippen LogP) is 4.97. The Morgan fingerprint density at radius 1 is 1.04 bits per heavy atom. The number of benzene rings is 2. The fourth-order valence-corrected chi connectivity index (χ4v) is 2.60. The smallest absolute Gasteiger partial charge is 0.251 e. The topological polar surface area (TPSA) is 38.3 Å². The zero-order chi connectivity index (χ0) is 17.7. The number of amides is 1. The second kappa shape index (κ2) is 8.00. The van der Waals surface area contributed by atoms with Crippen molar-refractivity contribution in [1.29, 1.82) is 0 Å². The second-order valence-electron chi connectivity index (χ2n) is 6.47. The number of rotatable bonds is 6. The molecule has 0 unspecified atom stereocenters. The van der Waals surface area contributed by atoms with Crippen LogP contribution in [0.25, 0.3) is 0 Å². The summed E-state index contributed by atoms with van der Waals surface area (Å²) in [5.74, 6) is 0.721. The van der Waals surface area contributed by atoms with Crippen LogP contribution in [0.2, 0.25) is 0 Å². The quantitative estimate of drug-likeness (QED) is 0.814. The van der Waals surface area contributed by atoms with Crippen LogP contribution in [0.3, 0.4) is 0 Å². The van der Waals surface area contributed by atoms with Crippen LogP contribution in [0.1, 0.15) is 60.3 Å². The minimum Gasteiger partial charge on any atom is -0.491 e. The lowest BCUT2D eigenvalue weighted by molar-refractivity contribution is 0.0935. The molecule has 0 aliphatic rings.